The first-order chi connectivity index (χ1) is 6.27. The molecule has 2 aliphatic rings. The molecule has 1 aromatic heterocycles. The van der Waals surface area contributed by atoms with E-state index in [1.807, 2.05) is 0 Å². The summed E-state index contributed by atoms with van der Waals surface area (Å²) in [5.74, 6) is 1.80. The second kappa shape index (κ2) is 2.34. The van der Waals surface area contributed by atoms with Gasteiger partial charge in [0.1, 0.15) is 7.05 Å². The Morgan fingerprint density at radius 1 is 1.31 bits per heavy atom. The van der Waals surface area contributed by atoms with Gasteiger partial charge in [-0.05, 0) is 36.7 Å². The topological polar surface area (TPSA) is 3.88 Å². The first kappa shape index (κ1) is 7.54. The van der Waals surface area contributed by atoms with Gasteiger partial charge < -0.3 is 0 Å². The summed E-state index contributed by atoms with van der Waals surface area (Å²) in [5, 5.41) is 0. The molecule has 0 saturated heterocycles. The van der Waals surface area contributed by atoms with E-state index in [1.54, 1.807) is 11.1 Å². The third-order valence-corrected chi connectivity index (χ3v) is 3.99. The van der Waals surface area contributed by atoms with Crippen molar-refractivity contribution < 1.29 is 4.57 Å². The van der Waals surface area contributed by atoms with Gasteiger partial charge in [0.25, 0.3) is 0 Å². The second-order valence-corrected chi connectivity index (χ2v) is 4.59. The fourth-order valence-corrected chi connectivity index (χ4v) is 3.21. The third-order valence-electron chi connectivity index (χ3n) is 3.99. The Hall–Kier alpha value is -0.850. The van der Waals surface area contributed by atoms with Crippen LogP contribution in [0.5, 0.6) is 0 Å². The van der Waals surface area contributed by atoms with Crippen molar-refractivity contribution in [3.63, 3.8) is 0 Å². The average Bonchev–Trinajstić information content (AvgIpc) is 2.70. The molecule has 0 spiro atoms. The summed E-state index contributed by atoms with van der Waals surface area (Å²) < 4.78 is 2.26. The van der Waals surface area contributed by atoms with E-state index in [2.05, 4.69) is 30.8 Å². The Morgan fingerprint density at radius 2 is 2.08 bits per heavy atom. The Labute approximate surface area is 79.4 Å². The molecule has 0 N–H and O–H groups in total. The van der Waals surface area contributed by atoms with Gasteiger partial charge in [0, 0.05) is 18.6 Å². The van der Waals surface area contributed by atoms with Crippen molar-refractivity contribution in [2.45, 2.75) is 38.0 Å². The minimum Gasteiger partial charge on any atom is -0.205 e. The van der Waals surface area contributed by atoms with Crippen molar-refractivity contribution in [2.75, 3.05) is 0 Å². The molecule has 3 rings (SSSR count). The van der Waals surface area contributed by atoms with Crippen LogP contribution in [0.1, 0.15) is 47.9 Å². The lowest BCUT2D eigenvalue weighted by Crippen LogP contribution is -2.33. The summed E-state index contributed by atoms with van der Waals surface area (Å²) >= 11 is 0. The van der Waals surface area contributed by atoms with Crippen LogP contribution in [0.2, 0.25) is 0 Å². The highest BCUT2D eigenvalue weighted by molar-refractivity contribution is 5.41. The fraction of sp³-hybridized carbons (Fsp3) is 0.583. The average molecular weight is 174 g/mol. The molecule has 1 heterocycles. The molecule has 1 saturated carbocycles. The van der Waals surface area contributed by atoms with E-state index in [1.165, 1.54) is 25.0 Å². The summed E-state index contributed by atoms with van der Waals surface area (Å²) in [6.07, 6.45) is 6.52. The molecule has 0 amide bonds. The highest BCUT2D eigenvalue weighted by Crippen LogP contribution is 2.53. The molecule has 2 aliphatic carbocycles. The van der Waals surface area contributed by atoms with Gasteiger partial charge in [-0.1, -0.05) is 0 Å². The number of pyridine rings is 1. The molecule has 0 aromatic carbocycles. The Morgan fingerprint density at radius 3 is 2.92 bits per heavy atom. The van der Waals surface area contributed by atoms with Crippen molar-refractivity contribution >= 4 is 0 Å². The molecule has 1 nitrogen and oxygen atoms in total. The molecule has 1 heteroatoms. The molecule has 1 fully saturated rings. The van der Waals surface area contributed by atoms with Gasteiger partial charge in [-0.2, -0.15) is 0 Å². The smallest absolute Gasteiger partial charge is 0.181 e. The zero-order valence-electron chi connectivity index (χ0n) is 8.38. The number of hydrogen-bond donors (Lipinski definition) is 0. The van der Waals surface area contributed by atoms with Crippen LogP contribution in [0.25, 0.3) is 0 Å². The quantitative estimate of drug-likeness (QED) is 0.531. The van der Waals surface area contributed by atoms with Crippen LogP contribution >= 0.6 is 0 Å². The van der Waals surface area contributed by atoms with E-state index in [0.717, 1.165) is 11.8 Å². The predicted octanol–water partition coefficient (Wildman–Crippen LogP) is 2.18. The van der Waals surface area contributed by atoms with Gasteiger partial charge >= 0.3 is 0 Å². The van der Waals surface area contributed by atoms with Crippen LogP contribution in [0.15, 0.2) is 12.3 Å². The Bertz CT molecular complexity index is 368. The van der Waals surface area contributed by atoms with E-state index >= 15 is 0 Å². The van der Waals surface area contributed by atoms with Crippen molar-refractivity contribution in [3.8, 4) is 0 Å². The lowest BCUT2D eigenvalue weighted by atomic mass is 9.91. The van der Waals surface area contributed by atoms with Crippen LogP contribution in [-0.2, 0) is 7.05 Å². The zero-order chi connectivity index (χ0) is 9.00. The normalized spacial score (nSPS) is 29.4. The summed E-state index contributed by atoms with van der Waals surface area (Å²) in [5.41, 5.74) is 4.83. The maximum absolute atomic E-state index is 2.34. The number of aryl methyl sites for hydroxylation is 1. The molecular formula is C12H16N+. The van der Waals surface area contributed by atoms with Gasteiger partial charge in [-0.15, -0.1) is 0 Å². The minimum absolute atomic E-state index is 0.896. The molecular weight excluding hydrogens is 158 g/mol. The standard InChI is InChI=1S/C12H16N/c1-8-12-10-4-3-9(7-10)11(12)5-6-13(8)2/h5-6,9-10H,3-4,7H2,1-2H3/q+1. The monoisotopic (exact) mass is 174 g/mol. The van der Waals surface area contributed by atoms with Gasteiger partial charge in [-0.3, -0.25) is 0 Å². The number of aromatic nitrogens is 1. The van der Waals surface area contributed by atoms with Crippen molar-refractivity contribution in [3.05, 3.63) is 29.1 Å². The van der Waals surface area contributed by atoms with Crippen LogP contribution in [0, 0.1) is 6.92 Å². The highest BCUT2D eigenvalue weighted by Gasteiger charge is 2.40. The van der Waals surface area contributed by atoms with Crippen LogP contribution in [-0.4, -0.2) is 0 Å². The van der Waals surface area contributed by atoms with E-state index in [4.69, 9.17) is 0 Å². The SMILES string of the molecule is Cc1c2c(cc[n+]1C)C1CCC2C1. The second-order valence-electron chi connectivity index (χ2n) is 4.59. The number of nitrogens with zero attached hydrogens (tertiary/aromatic N) is 1. The van der Waals surface area contributed by atoms with E-state index in [0.29, 0.717) is 0 Å². The van der Waals surface area contributed by atoms with E-state index in [-0.39, 0.29) is 0 Å². The van der Waals surface area contributed by atoms with Crippen LogP contribution < -0.4 is 4.57 Å². The summed E-state index contributed by atoms with van der Waals surface area (Å²) in [6.45, 7) is 2.26. The largest absolute Gasteiger partial charge is 0.205 e. The number of hydrogen-bond acceptors (Lipinski definition) is 0. The van der Waals surface area contributed by atoms with Gasteiger partial charge in [0.15, 0.2) is 11.9 Å². The molecule has 13 heavy (non-hydrogen) atoms. The van der Waals surface area contributed by atoms with Crippen molar-refractivity contribution in [1.82, 2.24) is 0 Å². The zero-order valence-corrected chi connectivity index (χ0v) is 8.38. The first-order valence-corrected chi connectivity index (χ1v) is 5.26. The maximum atomic E-state index is 2.34. The minimum atomic E-state index is 0.896. The van der Waals surface area contributed by atoms with Crippen molar-refractivity contribution in [2.24, 2.45) is 7.05 Å². The maximum Gasteiger partial charge on any atom is 0.181 e. The summed E-state index contributed by atoms with van der Waals surface area (Å²) in [6, 6.07) is 2.34. The molecule has 68 valence electrons. The van der Waals surface area contributed by atoms with Gasteiger partial charge in [0.2, 0.25) is 0 Å². The van der Waals surface area contributed by atoms with Crippen molar-refractivity contribution in [1.29, 1.82) is 0 Å². The fourth-order valence-electron chi connectivity index (χ4n) is 3.21. The highest BCUT2D eigenvalue weighted by atomic mass is 14.9. The molecule has 1 aromatic rings. The number of rotatable bonds is 0. The Balaban J connectivity index is 2.26. The molecule has 0 radical (unpaired) electrons. The summed E-state index contributed by atoms with van der Waals surface area (Å²) in [7, 11) is 2.15. The van der Waals surface area contributed by atoms with E-state index < -0.39 is 0 Å². The lowest BCUT2D eigenvalue weighted by molar-refractivity contribution is -0.678. The first-order valence-electron chi connectivity index (χ1n) is 5.26. The van der Waals surface area contributed by atoms with Gasteiger partial charge in [0.05, 0.1) is 0 Å². The van der Waals surface area contributed by atoms with Gasteiger partial charge in [-0.25, -0.2) is 4.57 Å². The molecule has 0 aliphatic heterocycles. The Kier molecular flexibility index (Phi) is 1.36. The van der Waals surface area contributed by atoms with Crippen LogP contribution in [0.3, 0.4) is 0 Å². The molecule has 2 bridgehead atoms. The molecule has 2 atom stereocenters. The van der Waals surface area contributed by atoms with Crippen LogP contribution in [0.4, 0.5) is 0 Å². The lowest BCUT2D eigenvalue weighted by Gasteiger charge is -2.14. The summed E-state index contributed by atoms with van der Waals surface area (Å²) in [4.78, 5) is 0. The van der Waals surface area contributed by atoms with E-state index in [9.17, 15) is 0 Å². The third kappa shape index (κ3) is 0.849. The predicted molar refractivity (Wildman–Crippen MR) is 51.7 cm³/mol. The number of fused-ring (bicyclic) bond motifs is 5. The molecule has 2 unspecified atom stereocenters.